The Bertz CT molecular complexity index is 689. The van der Waals surface area contributed by atoms with Crippen molar-refractivity contribution >= 4 is 12.1 Å². The summed E-state index contributed by atoms with van der Waals surface area (Å²) in [7, 11) is 0. The van der Waals surface area contributed by atoms with Crippen molar-refractivity contribution in [1.29, 1.82) is 0 Å². The predicted octanol–water partition coefficient (Wildman–Crippen LogP) is 2.79. The molecule has 3 atom stereocenters. The maximum absolute atomic E-state index is 12.0. The Labute approximate surface area is 158 Å². The largest absolute Gasteiger partial charge is 0.509 e. The highest BCUT2D eigenvalue weighted by atomic mass is 16.7. The van der Waals surface area contributed by atoms with Gasteiger partial charge >= 0.3 is 12.1 Å². The lowest BCUT2D eigenvalue weighted by atomic mass is 9.78. The van der Waals surface area contributed by atoms with E-state index in [1.807, 2.05) is 6.92 Å². The minimum Gasteiger partial charge on any atom is -0.504 e. The van der Waals surface area contributed by atoms with Crippen LogP contribution in [0.3, 0.4) is 0 Å². The number of benzene rings is 1. The fraction of sp³-hybridized carbons (Fsp3) is 0.579. The van der Waals surface area contributed by atoms with Gasteiger partial charge in [0.15, 0.2) is 11.5 Å². The van der Waals surface area contributed by atoms with Gasteiger partial charge in [-0.05, 0) is 44.9 Å². The van der Waals surface area contributed by atoms with Gasteiger partial charge < -0.3 is 30.5 Å². The predicted molar refractivity (Wildman–Crippen MR) is 98.6 cm³/mol. The van der Waals surface area contributed by atoms with Gasteiger partial charge in [0.25, 0.3) is 0 Å². The third kappa shape index (κ3) is 5.75. The van der Waals surface area contributed by atoms with E-state index in [9.17, 15) is 24.9 Å². The van der Waals surface area contributed by atoms with E-state index in [4.69, 9.17) is 15.2 Å². The molecule has 0 bridgehead atoms. The Morgan fingerprint density at radius 1 is 1.19 bits per heavy atom. The van der Waals surface area contributed by atoms with Gasteiger partial charge in [-0.15, -0.1) is 0 Å². The van der Waals surface area contributed by atoms with Crippen molar-refractivity contribution in [3.05, 3.63) is 23.8 Å². The van der Waals surface area contributed by atoms with Gasteiger partial charge in [-0.25, -0.2) is 4.79 Å². The maximum atomic E-state index is 12.0. The summed E-state index contributed by atoms with van der Waals surface area (Å²) in [5, 5.41) is 28.7. The van der Waals surface area contributed by atoms with Crippen LogP contribution in [0.2, 0.25) is 0 Å². The van der Waals surface area contributed by atoms with Crippen LogP contribution in [0, 0.1) is 5.92 Å². The number of nitrogens with two attached hydrogens (primary N) is 1. The van der Waals surface area contributed by atoms with E-state index in [0.717, 1.165) is 0 Å². The van der Waals surface area contributed by atoms with Crippen LogP contribution >= 0.6 is 0 Å². The standard InChI is InChI=1S/C19H29NO7/c1-6-18(4,5)27-17(25)26-12(3)11(2)19(20,16(23)24)10-13-7-8-14(21)15(22)9-13/h7-9,11-12,21-22H,6,10,20H2,1-5H3,(H,23,24)/t11-,12-,19-/m1/s1. The molecule has 8 nitrogen and oxygen atoms in total. The first-order chi connectivity index (χ1) is 12.3. The number of phenolic OH excluding ortho intramolecular Hbond substituents is 2. The maximum Gasteiger partial charge on any atom is 0.509 e. The van der Waals surface area contributed by atoms with Gasteiger partial charge in [0.1, 0.15) is 17.2 Å². The molecule has 0 heterocycles. The van der Waals surface area contributed by atoms with Crippen LogP contribution < -0.4 is 5.73 Å². The number of carbonyl (C=O) groups excluding carboxylic acids is 1. The van der Waals surface area contributed by atoms with Gasteiger partial charge in [0, 0.05) is 12.3 Å². The van der Waals surface area contributed by atoms with Gasteiger partial charge in [-0.1, -0.05) is 19.9 Å². The van der Waals surface area contributed by atoms with Crippen molar-refractivity contribution < 1.29 is 34.4 Å². The van der Waals surface area contributed by atoms with Crippen LogP contribution in [0.1, 0.15) is 46.6 Å². The highest BCUT2D eigenvalue weighted by molar-refractivity contribution is 5.79. The number of aromatic hydroxyl groups is 2. The minimum atomic E-state index is -1.77. The number of hydrogen-bond acceptors (Lipinski definition) is 7. The van der Waals surface area contributed by atoms with E-state index in [1.165, 1.54) is 18.2 Å². The number of carboxylic acid groups (broad SMARTS) is 1. The molecule has 0 amide bonds. The molecule has 27 heavy (non-hydrogen) atoms. The molecule has 5 N–H and O–H groups in total. The average molecular weight is 383 g/mol. The Morgan fingerprint density at radius 2 is 1.78 bits per heavy atom. The third-order valence-corrected chi connectivity index (χ3v) is 4.94. The Morgan fingerprint density at radius 3 is 2.26 bits per heavy atom. The Balaban J connectivity index is 2.95. The van der Waals surface area contributed by atoms with E-state index < -0.39 is 35.3 Å². The molecule has 0 aromatic heterocycles. The minimum absolute atomic E-state index is 0.138. The van der Waals surface area contributed by atoms with E-state index >= 15 is 0 Å². The van der Waals surface area contributed by atoms with E-state index in [1.54, 1.807) is 27.7 Å². The van der Waals surface area contributed by atoms with Gasteiger partial charge in [-0.2, -0.15) is 0 Å². The molecule has 0 saturated carbocycles. The normalized spacial score (nSPS) is 16.1. The zero-order valence-corrected chi connectivity index (χ0v) is 16.4. The number of rotatable bonds is 8. The molecule has 152 valence electrons. The first-order valence-electron chi connectivity index (χ1n) is 8.75. The number of carboxylic acids is 1. The SMILES string of the molecule is CCC(C)(C)OC(=O)O[C@H](C)[C@@H](C)[C@](N)(Cc1ccc(O)c(O)c1)C(=O)O. The first-order valence-corrected chi connectivity index (χ1v) is 8.75. The molecule has 0 aliphatic carbocycles. The number of hydrogen-bond donors (Lipinski definition) is 4. The zero-order valence-electron chi connectivity index (χ0n) is 16.4. The fourth-order valence-corrected chi connectivity index (χ4v) is 2.44. The van der Waals surface area contributed by atoms with Crippen molar-refractivity contribution in [1.82, 2.24) is 0 Å². The van der Waals surface area contributed by atoms with Crippen LogP contribution in [-0.2, 0) is 20.7 Å². The van der Waals surface area contributed by atoms with E-state index in [0.29, 0.717) is 12.0 Å². The number of aliphatic carboxylic acids is 1. The van der Waals surface area contributed by atoms with Gasteiger partial charge in [0.05, 0.1) is 0 Å². The molecule has 8 heteroatoms. The lowest BCUT2D eigenvalue weighted by Gasteiger charge is -2.35. The summed E-state index contributed by atoms with van der Waals surface area (Å²) < 4.78 is 10.5. The molecular formula is C19H29NO7. The summed E-state index contributed by atoms with van der Waals surface area (Å²) in [6.07, 6.45) is -1.28. The lowest BCUT2D eigenvalue weighted by Crippen LogP contribution is -2.58. The molecule has 0 radical (unpaired) electrons. The molecule has 0 fully saturated rings. The molecule has 0 spiro atoms. The Hall–Kier alpha value is -2.48. The smallest absolute Gasteiger partial charge is 0.504 e. The topological polar surface area (TPSA) is 139 Å². The molecule has 0 unspecified atom stereocenters. The number of ether oxygens (including phenoxy) is 2. The van der Waals surface area contributed by atoms with Gasteiger partial charge in [0.2, 0.25) is 0 Å². The molecule has 0 aliphatic rings. The van der Waals surface area contributed by atoms with Crippen molar-refractivity contribution in [2.45, 2.75) is 64.7 Å². The fourth-order valence-electron chi connectivity index (χ4n) is 2.44. The third-order valence-electron chi connectivity index (χ3n) is 4.94. The van der Waals surface area contributed by atoms with Crippen molar-refractivity contribution in [3.8, 4) is 11.5 Å². The van der Waals surface area contributed by atoms with Crippen LogP contribution in [0.4, 0.5) is 4.79 Å². The second kappa shape index (κ2) is 8.47. The molecule has 1 aromatic carbocycles. The second-order valence-corrected chi connectivity index (χ2v) is 7.42. The molecule has 1 rings (SSSR count). The monoisotopic (exact) mass is 383 g/mol. The highest BCUT2D eigenvalue weighted by Gasteiger charge is 2.44. The lowest BCUT2D eigenvalue weighted by molar-refractivity contribution is -0.148. The summed E-state index contributed by atoms with van der Waals surface area (Å²) in [5.74, 6) is -2.74. The van der Waals surface area contributed by atoms with Crippen molar-refractivity contribution in [3.63, 3.8) is 0 Å². The molecule has 0 saturated heterocycles. The van der Waals surface area contributed by atoms with Crippen LogP contribution in [-0.4, -0.2) is 44.7 Å². The molecular weight excluding hydrogens is 354 g/mol. The van der Waals surface area contributed by atoms with Crippen LogP contribution in [0.15, 0.2) is 18.2 Å². The van der Waals surface area contributed by atoms with Crippen LogP contribution in [0.25, 0.3) is 0 Å². The first kappa shape index (κ1) is 22.6. The van der Waals surface area contributed by atoms with E-state index in [-0.39, 0.29) is 17.9 Å². The number of carbonyl (C=O) groups is 2. The summed E-state index contributed by atoms with van der Waals surface area (Å²) in [6, 6.07) is 3.97. The Kier molecular flexibility index (Phi) is 7.08. The van der Waals surface area contributed by atoms with Crippen molar-refractivity contribution in [2.24, 2.45) is 11.7 Å². The average Bonchev–Trinajstić information content (AvgIpc) is 2.56. The number of phenols is 2. The summed E-state index contributed by atoms with van der Waals surface area (Å²) in [5.41, 5.74) is 4.11. The summed E-state index contributed by atoms with van der Waals surface area (Å²) in [6.45, 7) is 8.46. The summed E-state index contributed by atoms with van der Waals surface area (Å²) in [4.78, 5) is 23.9. The highest BCUT2D eigenvalue weighted by Crippen LogP contribution is 2.30. The summed E-state index contributed by atoms with van der Waals surface area (Å²) >= 11 is 0. The second-order valence-electron chi connectivity index (χ2n) is 7.42. The quantitative estimate of drug-likeness (QED) is 0.397. The van der Waals surface area contributed by atoms with E-state index in [2.05, 4.69) is 0 Å². The van der Waals surface area contributed by atoms with Gasteiger partial charge in [-0.3, -0.25) is 4.79 Å². The van der Waals surface area contributed by atoms with Crippen LogP contribution in [0.5, 0.6) is 11.5 Å². The zero-order chi connectivity index (χ0) is 21.0. The van der Waals surface area contributed by atoms with Crippen molar-refractivity contribution in [2.75, 3.05) is 0 Å². The molecule has 1 aromatic rings. The molecule has 0 aliphatic heterocycles.